The van der Waals surface area contributed by atoms with Gasteiger partial charge >= 0.3 is 0 Å². The zero-order chi connectivity index (χ0) is 18.6. The van der Waals surface area contributed by atoms with Crippen LogP contribution in [0.1, 0.15) is 29.5 Å². The number of hydrogen-bond donors (Lipinski definition) is 0. The summed E-state index contributed by atoms with van der Waals surface area (Å²) in [5.41, 5.74) is 1.88. The Bertz CT molecular complexity index is 907. The van der Waals surface area contributed by atoms with Crippen molar-refractivity contribution < 1.29 is 9.59 Å². The van der Waals surface area contributed by atoms with Crippen LogP contribution in [0.25, 0.3) is 0 Å². The van der Waals surface area contributed by atoms with E-state index >= 15 is 0 Å². The Morgan fingerprint density at radius 2 is 1.52 bits per heavy atom. The second-order valence-corrected chi connectivity index (χ2v) is 6.76. The topological polar surface area (TPSA) is 55.2 Å². The number of likely N-dealkylation sites (tertiary alicyclic amines) is 1. The number of nitrogens with zero attached hydrogens (tertiary/aromatic N) is 3. The summed E-state index contributed by atoms with van der Waals surface area (Å²) in [4.78, 5) is 31.5. The Labute approximate surface area is 158 Å². The van der Waals surface area contributed by atoms with Crippen LogP contribution in [0.3, 0.4) is 0 Å². The van der Waals surface area contributed by atoms with Crippen molar-refractivity contribution in [3.63, 3.8) is 0 Å². The molecule has 0 N–H and O–H groups in total. The van der Waals surface area contributed by atoms with Gasteiger partial charge in [0.2, 0.25) is 5.78 Å². The van der Waals surface area contributed by atoms with Crippen molar-refractivity contribution in [2.45, 2.75) is 24.9 Å². The van der Waals surface area contributed by atoms with Crippen LogP contribution in [0.2, 0.25) is 0 Å². The number of imidazole rings is 1. The van der Waals surface area contributed by atoms with Crippen LogP contribution in [-0.4, -0.2) is 32.7 Å². The molecule has 1 aliphatic rings. The number of benzene rings is 2. The summed E-state index contributed by atoms with van der Waals surface area (Å²) in [5, 5.41) is 0. The largest absolute Gasteiger partial charge is 0.337 e. The lowest BCUT2D eigenvalue weighted by Gasteiger charge is -2.28. The quantitative estimate of drug-likeness (QED) is 0.635. The maximum atomic E-state index is 12.9. The van der Waals surface area contributed by atoms with Gasteiger partial charge in [-0.2, -0.15) is 0 Å². The first-order valence-corrected chi connectivity index (χ1v) is 9.16. The van der Waals surface area contributed by atoms with E-state index in [1.54, 1.807) is 17.4 Å². The molecule has 0 spiro atoms. The number of Topliss-reactive ketones (excluding diaryl/α,β-unsaturated/α-hetero) is 1. The van der Waals surface area contributed by atoms with E-state index in [9.17, 15) is 9.59 Å². The van der Waals surface area contributed by atoms with Crippen molar-refractivity contribution in [3.8, 4) is 0 Å². The molecule has 4 rings (SSSR count). The highest BCUT2D eigenvalue weighted by Gasteiger charge is 2.48. The minimum absolute atomic E-state index is 0.267. The maximum Gasteiger partial charge on any atom is 0.291 e. The molecule has 2 aromatic carbocycles. The zero-order valence-corrected chi connectivity index (χ0v) is 14.9. The number of ketones is 1. The SMILES string of the molecule is O=C1C(=O)N(CCCn2ccnc2)C(c2ccccc2)C1c1ccccc1. The van der Waals surface area contributed by atoms with Gasteiger partial charge in [0.25, 0.3) is 5.91 Å². The van der Waals surface area contributed by atoms with Crippen LogP contribution in [-0.2, 0) is 16.1 Å². The van der Waals surface area contributed by atoms with Crippen LogP contribution in [0.4, 0.5) is 0 Å². The smallest absolute Gasteiger partial charge is 0.291 e. The number of aromatic nitrogens is 2. The second kappa shape index (κ2) is 7.58. The van der Waals surface area contributed by atoms with Gasteiger partial charge in [-0.3, -0.25) is 9.59 Å². The highest BCUT2D eigenvalue weighted by molar-refractivity contribution is 6.40. The number of carbonyl (C=O) groups excluding carboxylic acids is 2. The summed E-state index contributed by atoms with van der Waals surface area (Å²) in [7, 11) is 0. The van der Waals surface area contributed by atoms with Crippen LogP contribution >= 0.6 is 0 Å². The summed E-state index contributed by atoms with van der Waals surface area (Å²) in [6.07, 6.45) is 6.17. The van der Waals surface area contributed by atoms with Gasteiger partial charge in [-0.15, -0.1) is 0 Å². The van der Waals surface area contributed by atoms with Crippen LogP contribution < -0.4 is 0 Å². The molecule has 136 valence electrons. The summed E-state index contributed by atoms with van der Waals surface area (Å²) >= 11 is 0. The second-order valence-electron chi connectivity index (χ2n) is 6.76. The maximum absolute atomic E-state index is 12.9. The fourth-order valence-corrected chi connectivity index (χ4v) is 3.82. The van der Waals surface area contributed by atoms with Crippen LogP contribution in [0.5, 0.6) is 0 Å². The van der Waals surface area contributed by atoms with E-state index in [1.165, 1.54) is 0 Å². The van der Waals surface area contributed by atoms with Gasteiger partial charge in [-0.1, -0.05) is 60.7 Å². The molecule has 2 unspecified atom stereocenters. The van der Waals surface area contributed by atoms with Gasteiger partial charge in [0, 0.05) is 25.5 Å². The summed E-state index contributed by atoms with van der Waals surface area (Å²) < 4.78 is 1.98. The van der Waals surface area contributed by atoms with E-state index < -0.39 is 5.92 Å². The molecule has 1 saturated heterocycles. The Hall–Kier alpha value is -3.21. The molecule has 0 radical (unpaired) electrons. The molecule has 27 heavy (non-hydrogen) atoms. The van der Waals surface area contributed by atoms with Gasteiger partial charge < -0.3 is 9.47 Å². The van der Waals surface area contributed by atoms with Crippen molar-refractivity contribution in [1.29, 1.82) is 0 Å². The van der Waals surface area contributed by atoms with Crippen molar-refractivity contribution in [3.05, 3.63) is 90.5 Å². The van der Waals surface area contributed by atoms with Crippen LogP contribution in [0, 0.1) is 0 Å². The molecule has 5 nitrogen and oxygen atoms in total. The zero-order valence-electron chi connectivity index (χ0n) is 14.9. The first kappa shape index (κ1) is 17.2. The van der Waals surface area contributed by atoms with Crippen molar-refractivity contribution in [2.75, 3.05) is 6.54 Å². The molecule has 1 fully saturated rings. The van der Waals surface area contributed by atoms with Gasteiger partial charge in [0.05, 0.1) is 18.3 Å². The fraction of sp³-hybridized carbons (Fsp3) is 0.227. The molecule has 5 heteroatoms. The minimum Gasteiger partial charge on any atom is -0.337 e. The van der Waals surface area contributed by atoms with Gasteiger partial charge in [0.15, 0.2) is 0 Å². The highest BCUT2D eigenvalue weighted by atomic mass is 16.2. The third-order valence-electron chi connectivity index (χ3n) is 5.08. The van der Waals surface area contributed by atoms with Crippen molar-refractivity contribution in [2.24, 2.45) is 0 Å². The van der Waals surface area contributed by atoms with Crippen LogP contribution in [0.15, 0.2) is 79.4 Å². The Morgan fingerprint density at radius 1 is 0.852 bits per heavy atom. The molecule has 2 atom stereocenters. The van der Waals surface area contributed by atoms with E-state index in [-0.39, 0.29) is 17.7 Å². The minimum atomic E-state index is -0.464. The molecule has 3 aromatic rings. The van der Waals surface area contributed by atoms with E-state index in [4.69, 9.17) is 0 Å². The van der Waals surface area contributed by atoms with Gasteiger partial charge in [-0.05, 0) is 17.5 Å². The molecule has 0 bridgehead atoms. The molecule has 2 heterocycles. The predicted octanol–water partition coefficient (Wildman–Crippen LogP) is 3.21. The van der Waals surface area contributed by atoms with Crippen molar-refractivity contribution >= 4 is 11.7 Å². The summed E-state index contributed by atoms with van der Waals surface area (Å²) in [6.45, 7) is 1.29. The average Bonchev–Trinajstić information content (AvgIpc) is 3.31. The third-order valence-corrected chi connectivity index (χ3v) is 5.08. The Morgan fingerprint density at radius 3 is 2.15 bits per heavy atom. The molecule has 0 aliphatic carbocycles. The monoisotopic (exact) mass is 359 g/mol. The molecule has 0 saturated carbocycles. The molecule has 1 aliphatic heterocycles. The first-order chi connectivity index (χ1) is 13.3. The highest BCUT2D eigenvalue weighted by Crippen LogP contribution is 2.42. The summed E-state index contributed by atoms with van der Waals surface area (Å²) in [6, 6.07) is 19.2. The lowest BCUT2D eigenvalue weighted by Crippen LogP contribution is -2.31. The molecule has 1 aromatic heterocycles. The lowest BCUT2D eigenvalue weighted by atomic mass is 9.87. The standard InChI is InChI=1S/C22H21N3O2/c26-21-19(17-8-3-1-4-9-17)20(18-10-5-2-6-11-18)25(22(21)27)14-7-13-24-15-12-23-16-24/h1-6,8-12,15-16,19-20H,7,13-14H2. The first-order valence-electron chi connectivity index (χ1n) is 9.16. The Balaban J connectivity index is 1.63. The third kappa shape index (κ3) is 3.40. The van der Waals surface area contributed by atoms with E-state index in [0.29, 0.717) is 6.54 Å². The number of carbonyl (C=O) groups is 2. The van der Waals surface area contributed by atoms with Gasteiger partial charge in [-0.25, -0.2) is 4.98 Å². The Kier molecular flexibility index (Phi) is 4.83. The number of rotatable bonds is 6. The molecular formula is C22H21N3O2. The fourth-order valence-electron chi connectivity index (χ4n) is 3.82. The van der Waals surface area contributed by atoms with E-state index in [2.05, 4.69) is 4.98 Å². The normalized spacial score (nSPS) is 19.6. The van der Waals surface area contributed by atoms with Gasteiger partial charge in [0.1, 0.15) is 0 Å². The average molecular weight is 359 g/mol. The summed E-state index contributed by atoms with van der Waals surface area (Å²) in [5.74, 6) is -1.17. The van der Waals surface area contributed by atoms with E-state index in [0.717, 1.165) is 24.1 Å². The molecule has 1 amide bonds. The molecular weight excluding hydrogens is 338 g/mol. The number of aryl methyl sites for hydroxylation is 1. The predicted molar refractivity (Wildman–Crippen MR) is 102 cm³/mol. The lowest BCUT2D eigenvalue weighted by molar-refractivity contribution is -0.140. The van der Waals surface area contributed by atoms with Crippen molar-refractivity contribution in [1.82, 2.24) is 14.5 Å². The van der Waals surface area contributed by atoms with E-state index in [1.807, 2.05) is 71.4 Å². The number of hydrogen-bond acceptors (Lipinski definition) is 3. The number of amides is 1.